The molecular weight excluding hydrogens is 778 g/mol. The molecule has 4 amide bonds. The van der Waals surface area contributed by atoms with Gasteiger partial charge in [0.2, 0.25) is 21.8 Å². The molecule has 1 aromatic carbocycles. The molecule has 2 aromatic rings. The zero-order valence-electron chi connectivity index (χ0n) is 32.4. The van der Waals surface area contributed by atoms with Gasteiger partial charge < -0.3 is 25.0 Å². The zero-order chi connectivity index (χ0) is 40.9. The summed E-state index contributed by atoms with van der Waals surface area (Å²) >= 11 is 1.14. The smallest absolute Gasteiger partial charge is 0.306 e. The Morgan fingerprint density at radius 2 is 1.88 bits per heavy atom. The number of nitrogens with zero attached hydrogens (tertiary/aromatic N) is 3. The molecule has 1 aromatic heterocycles. The van der Waals surface area contributed by atoms with Gasteiger partial charge in [0.1, 0.15) is 22.3 Å². The number of likely N-dealkylation sites (tertiary alicyclic amines) is 1. The number of hydrogen-bond donors (Lipinski definition) is 3. The lowest BCUT2D eigenvalue weighted by Crippen LogP contribution is -2.58. The van der Waals surface area contributed by atoms with Gasteiger partial charge in [-0.25, -0.2) is 17.8 Å². The molecule has 4 fully saturated rings. The number of carbonyl (C=O) groups is 5. The molecule has 14 nitrogen and oxygen atoms in total. The number of esters is 1. The molecule has 3 aliphatic heterocycles. The van der Waals surface area contributed by atoms with Crippen molar-refractivity contribution in [2.45, 2.75) is 95.4 Å². The number of hydrogen-bond acceptors (Lipinski definition) is 11. The van der Waals surface area contributed by atoms with Crippen LogP contribution in [0.4, 0.5) is 4.39 Å². The van der Waals surface area contributed by atoms with Crippen molar-refractivity contribution >= 4 is 51.0 Å². The lowest BCUT2D eigenvalue weighted by atomic mass is 9.92. The van der Waals surface area contributed by atoms with Crippen molar-refractivity contribution in [2.24, 2.45) is 29.1 Å². The number of rotatable bonds is 8. The van der Waals surface area contributed by atoms with E-state index in [1.54, 1.807) is 10.3 Å². The minimum Gasteiger partial charge on any atom is -0.505 e. The molecule has 57 heavy (non-hydrogen) atoms. The topological polar surface area (TPSA) is 192 Å². The van der Waals surface area contributed by atoms with Gasteiger partial charge in [-0.1, -0.05) is 45.8 Å². The lowest BCUT2D eigenvalue weighted by molar-refractivity contribution is -0.152. The fourth-order valence-corrected chi connectivity index (χ4v) is 10.4. The van der Waals surface area contributed by atoms with Crippen LogP contribution in [-0.4, -0.2) is 101 Å². The van der Waals surface area contributed by atoms with Gasteiger partial charge in [0.15, 0.2) is 11.6 Å². The number of thiazole rings is 1. The molecule has 5 aliphatic rings. The third-order valence-corrected chi connectivity index (χ3v) is 14.3. The van der Waals surface area contributed by atoms with E-state index >= 15 is 0 Å². The van der Waals surface area contributed by atoms with E-state index in [0.717, 1.165) is 30.2 Å². The summed E-state index contributed by atoms with van der Waals surface area (Å²) in [5.74, 6) is -6.17. The Morgan fingerprint density at radius 1 is 1.11 bits per heavy atom. The first kappa shape index (κ1) is 40.8. The van der Waals surface area contributed by atoms with Crippen LogP contribution in [0.25, 0.3) is 10.6 Å². The van der Waals surface area contributed by atoms with Crippen LogP contribution < -0.4 is 10.0 Å². The summed E-state index contributed by atoms with van der Waals surface area (Å²) in [7, 11) is -3.93. The number of nitrogens with one attached hydrogen (secondary N) is 2. The maximum absolute atomic E-state index is 14.7. The van der Waals surface area contributed by atoms with E-state index in [2.05, 4.69) is 15.0 Å². The van der Waals surface area contributed by atoms with Crippen LogP contribution >= 0.6 is 11.3 Å². The van der Waals surface area contributed by atoms with Crippen LogP contribution in [0, 0.1) is 34.9 Å². The van der Waals surface area contributed by atoms with Crippen molar-refractivity contribution in [3.8, 4) is 16.3 Å². The number of ether oxygens (including phenoxy) is 1. The van der Waals surface area contributed by atoms with Gasteiger partial charge in [0, 0.05) is 54.2 Å². The molecule has 2 aliphatic carbocycles. The fourth-order valence-electron chi connectivity index (χ4n) is 8.23. The number of allylic oxidation sites excluding steroid dienone is 1. The summed E-state index contributed by atoms with van der Waals surface area (Å²) in [5, 5.41) is 13.8. The van der Waals surface area contributed by atoms with Gasteiger partial charge in [0.25, 0.3) is 11.8 Å². The van der Waals surface area contributed by atoms with E-state index in [1.165, 1.54) is 17.0 Å². The third kappa shape index (κ3) is 8.88. The van der Waals surface area contributed by atoms with Gasteiger partial charge in [-0.05, 0) is 62.1 Å². The predicted molar refractivity (Wildman–Crippen MR) is 207 cm³/mol. The Bertz CT molecular complexity index is 2080. The maximum atomic E-state index is 14.7. The molecule has 308 valence electrons. The SMILES string of the molecule is CC(C)(C)COC(=O)C[C@H]1CCCCC/C=C\[C@@H]2C[C@@]2(C(=O)NS(=O)(=O)C2CC2)NC(=O)[C@@H]2[C@H]3CN(C(=O)c4csc(-c5ccc(O)c(F)c5)n4)C[C@H]3CN2C1=O. The van der Waals surface area contributed by atoms with Gasteiger partial charge >= 0.3 is 5.97 Å². The number of benzene rings is 1. The first-order chi connectivity index (χ1) is 27.0. The fraction of sp³-hybridized carbons (Fsp3) is 0.600. The number of phenolic OH excluding ortho intramolecular Hbond substituents is 1. The quantitative estimate of drug-likeness (QED) is 0.257. The molecule has 0 unspecified atom stereocenters. The molecular formula is C40H50FN5O9S2. The number of sulfonamides is 1. The number of aromatic nitrogens is 1. The molecule has 0 spiro atoms. The molecule has 2 saturated heterocycles. The number of halogens is 1. The summed E-state index contributed by atoms with van der Waals surface area (Å²) in [5.41, 5.74) is -1.31. The van der Waals surface area contributed by atoms with E-state index in [9.17, 15) is 41.9 Å². The zero-order valence-corrected chi connectivity index (χ0v) is 34.0. The summed E-state index contributed by atoms with van der Waals surface area (Å²) in [6.45, 7) is 6.39. The minimum absolute atomic E-state index is 0.0863. The highest BCUT2D eigenvalue weighted by atomic mass is 32.2. The van der Waals surface area contributed by atoms with Crippen LogP contribution in [-0.2, 0) is 33.9 Å². The van der Waals surface area contributed by atoms with Crippen LogP contribution in [0.3, 0.4) is 0 Å². The van der Waals surface area contributed by atoms with Gasteiger partial charge in [-0.15, -0.1) is 11.3 Å². The van der Waals surface area contributed by atoms with Crippen LogP contribution in [0.15, 0.2) is 35.7 Å². The molecule has 0 radical (unpaired) electrons. The number of phenols is 1. The van der Waals surface area contributed by atoms with E-state index in [0.29, 0.717) is 42.7 Å². The largest absolute Gasteiger partial charge is 0.505 e. The highest BCUT2D eigenvalue weighted by Gasteiger charge is 2.63. The second kappa shape index (κ2) is 15.8. The number of fused-ring (bicyclic) bond motifs is 4. The third-order valence-electron chi connectivity index (χ3n) is 11.6. The Kier molecular flexibility index (Phi) is 11.3. The first-order valence-corrected chi connectivity index (χ1v) is 22.1. The summed E-state index contributed by atoms with van der Waals surface area (Å²) < 4.78 is 47.7. The summed E-state index contributed by atoms with van der Waals surface area (Å²) in [6, 6.07) is 2.71. The standard InChI is InChI=1S/C40H50FN5O9S2/c1-39(2,3)22-55-32(48)16-24-9-7-5-4-6-8-10-26-17-40(26,38(52)44-57(53,54)27-12-13-27)43-34(49)33-28-20-45(18-25(28)19-46(33)36(24)50)37(51)30-21-56-35(42-30)23-11-14-31(47)29(41)15-23/h8,10-11,14-15,21,24-28,33,47H,4-7,9,12-13,16-20,22H2,1-3H3,(H,43,49)(H,44,52)/b10-8-/t24-,25+,26-,28+,33+,40-/m1/s1. The highest BCUT2D eigenvalue weighted by Crippen LogP contribution is 2.47. The van der Waals surface area contributed by atoms with Crippen molar-refractivity contribution in [1.29, 1.82) is 0 Å². The van der Waals surface area contributed by atoms with Gasteiger partial charge in [-0.3, -0.25) is 28.7 Å². The van der Waals surface area contributed by atoms with Gasteiger partial charge in [0.05, 0.1) is 18.3 Å². The first-order valence-electron chi connectivity index (χ1n) is 19.7. The summed E-state index contributed by atoms with van der Waals surface area (Å²) in [6.07, 6.45) is 8.04. The Balaban J connectivity index is 1.16. The highest BCUT2D eigenvalue weighted by molar-refractivity contribution is 7.91. The van der Waals surface area contributed by atoms with Crippen molar-refractivity contribution in [3.63, 3.8) is 0 Å². The number of aromatic hydroxyl groups is 1. The molecule has 17 heteroatoms. The van der Waals surface area contributed by atoms with E-state index in [-0.39, 0.29) is 62.0 Å². The second-order valence-corrected chi connectivity index (χ2v) is 20.2. The maximum Gasteiger partial charge on any atom is 0.306 e. The van der Waals surface area contributed by atoms with Crippen molar-refractivity contribution in [1.82, 2.24) is 24.8 Å². The Hall–Kier alpha value is -4.38. The Labute approximate surface area is 335 Å². The van der Waals surface area contributed by atoms with E-state index in [4.69, 9.17) is 4.74 Å². The minimum atomic E-state index is -3.93. The molecule has 6 atom stereocenters. The van der Waals surface area contributed by atoms with Crippen LogP contribution in [0.5, 0.6) is 5.75 Å². The molecule has 0 bridgehead atoms. The average molecular weight is 828 g/mol. The van der Waals surface area contributed by atoms with E-state index in [1.807, 2.05) is 32.9 Å². The predicted octanol–water partition coefficient (Wildman–Crippen LogP) is 4.15. The monoisotopic (exact) mass is 827 g/mol. The molecule has 2 saturated carbocycles. The molecule has 7 rings (SSSR count). The average Bonchev–Trinajstić information content (AvgIpc) is 3.97. The van der Waals surface area contributed by atoms with Crippen molar-refractivity contribution in [2.75, 3.05) is 26.2 Å². The summed E-state index contributed by atoms with van der Waals surface area (Å²) in [4.78, 5) is 77.6. The van der Waals surface area contributed by atoms with Crippen molar-refractivity contribution in [3.05, 3.63) is 47.2 Å². The number of amides is 4. The van der Waals surface area contributed by atoms with Crippen LogP contribution in [0.1, 0.15) is 89.0 Å². The normalized spacial score (nSPS) is 28.6. The molecule has 4 heterocycles. The number of carbonyl (C=O) groups excluding carboxylic acids is 5. The second-order valence-electron chi connectivity index (χ2n) is 17.4. The molecule has 3 N–H and O–H groups in total. The Morgan fingerprint density at radius 3 is 2.60 bits per heavy atom. The van der Waals surface area contributed by atoms with E-state index < -0.39 is 79.9 Å². The lowest BCUT2D eigenvalue weighted by Gasteiger charge is -2.32. The van der Waals surface area contributed by atoms with Gasteiger partial charge in [-0.2, -0.15) is 0 Å². The van der Waals surface area contributed by atoms with Crippen LogP contribution in [0.2, 0.25) is 0 Å². The van der Waals surface area contributed by atoms with Crippen molar-refractivity contribution < 1.29 is 46.6 Å².